The maximum Gasteiger partial charge on any atom is 0.266 e. The standard InChI is InChI=1S/C18H12N2OS2/c19-11-13(18(21)20-15-5-2-1-3-6-15)9-16-10-14(12-23-16)17-7-4-8-22-17/h1-10,12H,(H,20,21)/b13-9+. The van der Waals surface area contributed by atoms with Gasteiger partial charge >= 0.3 is 0 Å². The van der Waals surface area contributed by atoms with E-state index >= 15 is 0 Å². The zero-order chi connectivity index (χ0) is 16.1. The van der Waals surface area contributed by atoms with Gasteiger partial charge in [0.1, 0.15) is 11.6 Å². The molecule has 0 spiro atoms. The first-order chi connectivity index (χ1) is 11.3. The number of hydrogen-bond acceptors (Lipinski definition) is 4. The van der Waals surface area contributed by atoms with E-state index in [1.165, 1.54) is 16.2 Å². The van der Waals surface area contributed by atoms with E-state index in [1.807, 2.05) is 53.2 Å². The fraction of sp³-hybridized carbons (Fsp3) is 0. The van der Waals surface area contributed by atoms with Crippen LogP contribution in [0.4, 0.5) is 5.69 Å². The first-order valence-corrected chi connectivity index (χ1v) is 8.63. The molecule has 0 saturated heterocycles. The van der Waals surface area contributed by atoms with Crippen LogP contribution in [0.2, 0.25) is 0 Å². The number of nitrogens with zero attached hydrogens (tertiary/aromatic N) is 1. The summed E-state index contributed by atoms with van der Waals surface area (Å²) in [6.07, 6.45) is 1.63. The molecule has 2 heterocycles. The number of nitriles is 1. The minimum atomic E-state index is -0.398. The van der Waals surface area contributed by atoms with Gasteiger partial charge < -0.3 is 5.32 Å². The molecule has 1 N–H and O–H groups in total. The minimum absolute atomic E-state index is 0.0911. The Morgan fingerprint density at radius 2 is 1.96 bits per heavy atom. The van der Waals surface area contributed by atoms with Crippen LogP contribution in [0.3, 0.4) is 0 Å². The lowest BCUT2D eigenvalue weighted by Gasteiger charge is -2.03. The Labute approximate surface area is 142 Å². The highest BCUT2D eigenvalue weighted by molar-refractivity contribution is 7.15. The number of amides is 1. The van der Waals surface area contributed by atoms with Crippen LogP contribution in [0.25, 0.3) is 16.5 Å². The number of rotatable bonds is 4. The molecule has 112 valence electrons. The largest absolute Gasteiger partial charge is 0.321 e. The molecule has 0 saturated carbocycles. The smallest absolute Gasteiger partial charge is 0.266 e. The van der Waals surface area contributed by atoms with Crippen molar-refractivity contribution < 1.29 is 4.79 Å². The normalized spacial score (nSPS) is 11.0. The van der Waals surface area contributed by atoms with Gasteiger partial charge in [0.25, 0.3) is 5.91 Å². The Bertz CT molecular complexity index is 871. The van der Waals surface area contributed by atoms with Crippen LogP contribution >= 0.6 is 22.7 Å². The summed E-state index contributed by atoms with van der Waals surface area (Å²) in [7, 11) is 0. The monoisotopic (exact) mass is 336 g/mol. The van der Waals surface area contributed by atoms with E-state index in [0.29, 0.717) is 5.69 Å². The van der Waals surface area contributed by atoms with Crippen LogP contribution in [0.1, 0.15) is 4.88 Å². The van der Waals surface area contributed by atoms with Crippen molar-refractivity contribution in [2.24, 2.45) is 0 Å². The first-order valence-electron chi connectivity index (χ1n) is 6.87. The Hall–Kier alpha value is -2.68. The zero-order valence-electron chi connectivity index (χ0n) is 12.0. The second-order valence-corrected chi connectivity index (χ2v) is 6.60. The molecule has 0 aliphatic carbocycles. The van der Waals surface area contributed by atoms with Gasteiger partial charge in [-0.3, -0.25) is 4.79 Å². The van der Waals surface area contributed by atoms with Crippen LogP contribution in [0.5, 0.6) is 0 Å². The maximum atomic E-state index is 12.2. The summed E-state index contributed by atoms with van der Waals surface area (Å²) >= 11 is 3.18. The summed E-state index contributed by atoms with van der Waals surface area (Å²) in [6.45, 7) is 0. The molecule has 3 rings (SSSR count). The number of nitrogens with one attached hydrogen (secondary N) is 1. The molecule has 3 nitrogen and oxygen atoms in total. The fourth-order valence-electron chi connectivity index (χ4n) is 2.01. The van der Waals surface area contributed by atoms with Crippen molar-refractivity contribution in [3.8, 4) is 16.5 Å². The highest BCUT2D eigenvalue weighted by atomic mass is 32.1. The van der Waals surface area contributed by atoms with Gasteiger partial charge in [-0.1, -0.05) is 24.3 Å². The van der Waals surface area contributed by atoms with Crippen molar-refractivity contribution in [2.45, 2.75) is 0 Å². The van der Waals surface area contributed by atoms with Crippen molar-refractivity contribution in [1.82, 2.24) is 0 Å². The van der Waals surface area contributed by atoms with Crippen molar-refractivity contribution in [2.75, 3.05) is 5.32 Å². The van der Waals surface area contributed by atoms with Gasteiger partial charge in [0.2, 0.25) is 0 Å². The molecule has 23 heavy (non-hydrogen) atoms. The Balaban J connectivity index is 1.79. The fourth-order valence-corrected chi connectivity index (χ4v) is 3.64. The van der Waals surface area contributed by atoms with E-state index in [-0.39, 0.29) is 5.57 Å². The molecular formula is C18H12N2OS2. The number of hydrogen-bond donors (Lipinski definition) is 1. The summed E-state index contributed by atoms with van der Waals surface area (Å²) in [5.74, 6) is -0.398. The maximum absolute atomic E-state index is 12.2. The van der Waals surface area contributed by atoms with Gasteiger partial charge in [-0.2, -0.15) is 5.26 Å². The van der Waals surface area contributed by atoms with E-state index in [1.54, 1.807) is 29.5 Å². The third kappa shape index (κ3) is 3.75. The average Bonchev–Trinajstić information content (AvgIpc) is 3.24. The van der Waals surface area contributed by atoms with Crippen molar-refractivity contribution >= 4 is 40.3 Å². The van der Waals surface area contributed by atoms with E-state index in [4.69, 9.17) is 0 Å². The second-order valence-electron chi connectivity index (χ2n) is 4.71. The van der Waals surface area contributed by atoms with Crippen LogP contribution in [0.15, 0.2) is 64.9 Å². The highest BCUT2D eigenvalue weighted by Gasteiger charge is 2.10. The molecular weight excluding hydrogens is 324 g/mol. The number of thiophene rings is 2. The van der Waals surface area contributed by atoms with Crippen molar-refractivity contribution in [3.63, 3.8) is 0 Å². The van der Waals surface area contributed by atoms with Crippen molar-refractivity contribution in [3.05, 3.63) is 69.7 Å². The summed E-state index contributed by atoms with van der Waals surface area (Å²) in [5, 5.41) is 16.0. The lowest BCUT2D eigenvalue weighted by atomic mass is 10.2. The number of para-hydroxylation sites is 1. The number of carbonyl (C=O) groups is 1. The molecule has 0 aliphatic rings. The molecule has 3 aromatic rings. The Morgan fingerprint density at radius 1 is 1.13 bits per heavy atom. The van der Waals surface area contributed by atoms with Gasteiger partial charge in [0, 0.05) is 21.0 Å². The Kier molecular flexibility index (Phi) is 4.67. The topological polar surface area (TPSA) is 52.9 Å². The summed E-state index contributed by atoms with van der Waals surface area (Å²) < 4.78 is 0. The van der Waals surface area contributed by atoms with Gasteiger partial charge in [-0.05, 0) is 41.1 Å². The lowest BCUT2D eigenvalue weighted by molar-refractivity contribution is -0.112. The van der Waals surface area contributed by atoms with Crippen molar-refractivity contribution in [1.29, 1.82) is 5.26 Å². The number of benzene rings is 1. The molecule has 0 fully saturated rings. The second kappa shape index (κ2) is 7.05. The van der Waals surface area contributed by atoms with Gasteiger partial charge in [-0.25, -0.2) is 0 Å². The Morgan fingerprint density at radius 3 is 2.65 bits per heavy atom. The molecule has 1 amide bonds. The average molecular weight is 336 g/mol. The molecule has 0 aliphatic heterocycles. The molecule has 0 bridgehead atoms. The predicted octanol–water partition coefficient (Wildman–Crippen LogP) is 5.02. The quantitative estimate of drug-likeness (QED) is 0.537. The SMILES string of the molecule is N#C/C(=C\c1cc(-c2cccs2)cs1)C(=O)Nc1ccccc1. The predicted molar refractivity (Wildman–Crippen MR) is 96.3 cm³/mol. The molecule has 0 atom stereocenters. The molecule has 0 radical (unpaired) electrons. The molecule has 0 unspecified atom stereocenters. The third-order valence-electron chi connectivity index (χ3n) is 3.11. The lowest BCUT2D eigenvalue weighted by Crippen LogP contribution is -2.13. The molecule has 2 aromatic heterocycles. The molecule has 5 heteroatoms. The minimum Gasteiger partial charge on any atom is -0.321 e. The summed E-state index contributed by atoms with van der Waals surface area (Å²) in [6, 6.07) is 17.1. The highest BCUT2D eigenvalue weighted by Crippen LogP contribution is 2.30. The van der Waals surface area contributed by atoms with Gasteiger partial charge in [-0.15, -0.1) is 22.7 Å². The van der Waals surface area contributed by atoms with E-state index < -0.39 is 5.91 Å². The van der Waals surface area contributed by atoms with E-state index in [0.717, 1.165) is 10.4 Å². The van der Waals surface area contributed by atoms with E-state index in [2.05, 4.69) is 5.32 Å². The zero-order valence-corrected chi connectivity index (χ0v) is 13.7. The van der Waals surface area contributed by atoms with Crippen LogP contribution < -0.4 is 5.32 Å². The van der Waals surface area contributed by atoms with Gasteiger partial charge in [0.05, 0.1) is 0 Å². The van der Waals surface area contributed by atoms with E-state index in [9.17, 15) is 10.1 Å². The van der Waals surface area contributed by atoms with Crippen LogP contribution in [-0.4, -0.2) is 5.91 Å². The van der Waals surface area contributed by atoms with Crippen LogP contribution in [-0.2, 0) is 4.79 Å². The number of anilines is 1. The van der Waals surface area contributed by atoms with Gasteiger partial charge in [0.15, 0.2) is 0 Å². The summed E-state index contributed by atoms with van der Waals surface area (Å²) in [4.78, 5) is 14.2. The van der Waals surface area contributed by atoms with Crippen LogP contribution in [0, 0.1) is 11.3 Å². The number of carbonyl (C=O) groups excluding carboxylic acids is 1. The molecule has 1 aromatic carbocycles. The first kappa shape index (κ1) is 15.2. The summed E-state index contributed by atoms with van der Waals surface area (Å²) in [5.41, 5.74) is 1.87. The third-order valence-corrected chi connectivity index (χ3v) is 4.91.